The van der Waals surface area contributed by atoms with Crippen LogP contribution in [0.15, 0.2) is 12.4 Å². The highest BCUT2D eigenvalue weighted by Gasteiger charge is 2.10. The Morgan fingerprint density at radius 2 is 2.06 bits per heavy atom. The number of halogens is 1. The van der Waals surface area contributed by atoms with E-state index in [0.717, 1.165) is 5.56 Å². The molecule has 0 saturated carbocycles. The fourth-order valence-corrected chi connectivity index (χ4v) is 1.41. The van der Waals surface area contributed by atoms with E-state index in [9.17, 15) is 0 Å². The number of hydrogen-bond acceptors (Lipinski definition) is 5. The van der Waals surface area contributed by atoms with E-state index in [4.69, 9.17) is 16.3 Å². The van der Waals surface area contributed by atoms with Crippen molar-refractivity contribution in [3.63, 3.8) is 0 Å². The molecule has 0 unspecified atom stereocenters. The predicted octanol–water partition coefficient (Wildman–Crippen LogP) is 1.71. The number of aromatic nitrogens is 5. The van der Waals surface area contributed by atoms with E-state index in [1.165, 1.54) is 0 Å². The third-order valence-corrected chi connectivity index (χ3v) is 2.06. The molecule has 2 aromatic heterocycles. The summed E-state index contributed by atoms with van der Waals surface area (Å²) in [7, 11) is 1.82. The van der Waals surface area contributed by atoms with Crippen LogP contribution in [0.25, 0.3) is 11.4 Å². The maximum atomic E-state index is 5.82. The van der Waals surface area contributed by atoms with Crippen LogP contribution in [0.4, 0.5) is 0 Å². The van der Waals surface area contributed by atoms with Gasteiger partial charge in [0.25, 0.3) is 0 Å². The summed E-state index contributed by atoms with van der Waals surface area (Å²) in [5, 5.41) is 4.15. The molecule has 0 fully saturated rings. The van der Waals surface area contributed by atoms with Gasteiger partial charge >= 0.3 is 6.01 Å². The largest absolute Gasteiger partial charge is 0.461 e. The van der Waals surface area contributed by atoms with Gasteiger partial charge in [0.05, 0.1) is 17.9 Å². The average Bonchev–Trinajstić information content (AvgIpc) is 2.62. The van der Waals surface area contributed by atoms with Gasteiger partial charge in [0.15, 0.2) is 5.82 Å². The Morgan fingerprint density at radius 1 is 1.29 bits per heavy atom. The first kappa shape index (κ1) is 11.8. The number of ether oxygens (including phenoxy) is 1. The van der Waals surface area contributed by atoms with Crippen molar-refractivity contribution in [3.05, 3.63) is 17.7 Å². The molecule has 6 nitrogen and oxygen atoms in total. The van der Waals surface area contributed by atoms with E-state index in [1.807, 2.05) is 20.9 Å². The minimum absolute atomic E-state index is 0.0183. The van der Waals surface area contributed by atoms with Crippen molar-refractivity contribution in [3.8, 4) is 17.4 Å². The van der Waals surface area contributed by atoms with Crippen LogP contribution in [-0.2, 0) is 7.05 Å². The molecule has 17 heavy (non-hydrogen) atoms. The molecule has 0 bridgehead atoms. The summed E-state index contributed by atoms with van der Waals surface area (Å²) in [6.45, 7) is 3.78. The Balaban J connectivity index is 2.37. The van der Waals surface area contributed by atoms with Gasteiger partial charge in [-0.2, -0.15) is 20.1 Å². The maximum Gasteiger partial charge on any atom is 0.321 e. The van der Waals surface area contributed by atoms with E-state index in [1.54, 1.807) is 17.1 Å². The van der Waals surface area contributed by atoms with E-state index in [2.05, 4.69) is 20.1 Å². The van der Waals surface area contributed by atoms with Crippen molar-refractivity contribution in [2.24, 2.45) is 7.05 Å². The minimum Gasteiger partial charge on any atom is -0.461 e. The maximum absolute atomic E-state index is 5.82. The molecule has 0 aliphatic heterocycles. The van der Waals surface area contributed by atoms with E-state index in [-0.39, 0.29) is 17.4 Å². The number of rotatable bonds is 3. The lowest BCUT2D eigenvalue weighted by Crippen LogP contribution is -2.09. The van der Waals surface area contributed by atoms with Crippen LogP contribution >= 0.6 is 11.6 Å². The van der Waals surface area contributed by atoms with Gasteiger partial charge in [-0.3, -0.25) is 4.68 Å². The molecule has 0 atom stereocenters. The highest BCUT2D eigenvalue weighted by Crippen LogP contribution is 2.18. The van der Waals surface area contributed by atoms with Gasteiger partial charge < -0.3 is 4.74 Å². The summed E-state index contributed by atoms with van der Waals surface area (Å²) < 4.78 is 7.05. The molecular formula is C10H12ClN5O. The zero-order valence-corrected chi connectivity index (χ0v) is 10.5. The fourth-order valence-electron chi connectivity index (χ4n) is 1.26. The van der Waals surface area contributed by atoms with Crippen LogP contribution in [0.1, 0.15) is 13.8 Å². The summed E-state index contributed by atoms with van der Waals surface area (Å²) in [4.78, 5) is 12.1. The lowest BCUT2D eigenvalue weighted by atomic mass is 10.3. The number of nitrogens with zero attached hydrogens (tertiary/aromatic N) is 5. The molecule has 0 aliphatic rings. The molecule has 90 valence electrons. The Bertz CT molecular complexity index is 525. The van der Waals surface area contributed by atoms with Gasteiger partial charge in [-0.25, -0.2) is 0 Å². The Morgan fingerprint density at radius 3 is 2.65 bits per heavy atom. The monoisotopic (exact) mass is 253 g/mol. The van der Waals surface area contributed by atoms with Gasteiger partial charge in [-0.05, 0) is 25.4 Å². The van der Waals surface area contributed by atoms with Crippen LogP contribution in [0.3, 0.4) is 0 Å². The number of aryl methyl sites for hydroxylation is 1. The fraction of sp³-hybridized carbons (Fsp3) is 0.400. The van der Waals surface area contributed by atoms with E-state index < -0.39 is 0 Å². The number of hydrogen-bond donors (Lipinski definition) is 0. The summed E-state index contributed by atoms with van der Waals surface area (Å²) in [6, 6.07) is 0.221. The first-order valence-corrected chi connectivity index (χ1v) is 5.49. The summed E-state index contributed by atoms with van der Waals surface area (Å²) in [5.41, 5.74) is 0.769. The van der Waals surface area contributed by atoms with Gasteiger partial charge in [-0.1, -0.05) is 0 Å². The second kappa shape index (κ2) is 4.67. The van der Waals surface area contributed by atoms with Gasteiger partial charge in [0, 0.05) is 13.2 Å². The van der Waals surface area contributed by atoms with E-state index in [0.29, 0.717) is 5.82 Å². The molecule has 2 rings (SSSR count). The van der Waals surface area contributed by atoms with Crippen LogP contribution in [0.5, 0.6) is 6.01 Å². The molecule has 0 saturated heterocycles. The summed E-state index contributed by atoms with van der Waals surface area (Å²) in [5.74, 6) is 0.453. The van der Waals surface area contributed by atoms with Gasteiger partial charge in [-0.15, -0.1) is 0 Å². The average molecular weight is 254 g/mol. The van der Waals surface area contributed by atoms with Crippen molar-refractivity contribution in [2.75, 3.05) is 0 Å². The van der Waals surface area contributed by atoms with Crippen molar-refractivity contribution < 1.29 is 4.74 Å². The SMILES string of the molecule is CC(C)Oc1nc(Cl)nc(-c2cnn(C)c2)n1. The van der Waals surface area contributed by atoms with Crippen LogP contribution in [0.2, 0.25) is 5.28 Å². The van der Waals surface area contributed by atoms with Gasteiger partial charge in [0.2, 0.25) is 5.28 Å². The molecular weight excluding hydrogens is 242 g/mol. The first-order chi connectivity index (χ1) is 8.04. The highest BCUT2D eigenvalue weighted by atomic mass is 35.5. The molecule has 0 N–H and O–H groups in total. The molecule has 0 amide bonds. The summed E-state index contributed by atoms with van der Waals surface area (Å²) in [6.07, 6.45) is 3.44. The molecule has 2 heterocycles. The van der Waals surface area contributed by atoms with Crippen molar-refractivity contribution in [2.45, 2.75) is 20.0 Å². The van der Waals surface area contributed by atoms with Gasteiger partial charge in [0.1, 0.15) is 0 Å². The smallest absolute Gasteiger partial charge is 0.321 e. The normalized spacial score (nSPS) is 10.9. The Hall–Kier alpha value is -1.69. The first-order valence-electron chi connectivity index (χ1n) is 5.12. The Labute approximate surface area is 104 Å². The zero-order valence-electron chi connectivity index (χ0n) is 9.75. The minimum atomic E-state index is -0.0183. The van der Waals surface area contributed by atoms with E-state index >= 15 is 0 Å². The zero-order chi connectivity index (χ0) is 12.4. The summed E-state index contributed by atoms with van der Waals surface area (Å²) >= 11 is 5.82. The molecule has 0 aliphatic carbocycles. The molecule has 7 heteroatoms. The molecule has 0 spiro atoms. The molecule has 2 aromatic rings. The van der Waals surface area contributed by atoms with Crippen molar-refractivity contribution in [1.82, 2.24) is 24.7 Å². The standard InChI is InChI=1S/C10H12ClN5O/c1-6(2)17-10-14-8(13-9(11)15-10)7-4-12-16(3)5-7/h4-6H,1-3H3. The molecule has 0 aromatic carbocycles. The van der Waals surface area contributed by atoms with Crippen LogP contribution < -0.4 is 4.74 Å². The quantitative estimate of drug-likeness (QED) is 0.833. The van der Waals surface area contributed by atoms with Crippen molar-refractivity contribution >= 4 is 11.6 Å². The van der Waals surface area contributed by atoms with Crippen molar-refractivity contribution in [1.29, 1.82) is 0 Å². The molecule has 0 radical (unpaired) electrons. The van der Waals surface area contributed by atoms with Crippen LogP contribution in [0, 0.1) is 0 Å². The second-order valence-electron chi connectivity index (χ2n) is 3.78. The lowest BCUT2D eigenvalue weighted by molar-refractivity contribution is 0.222. The second-order valence-corrected chi connectivity index (χ2v) is 4.12. The van der Waals surface area contributed by atoms with Crippen LogP contribution in [-0.4, -0.2) is 30.8 Å². The third-order valence-electron chi connectivity index (χ3n) is 1.89. The third kappa shape index (κ3) is 2.91. The lowest BCUT2D eigenvalue weighted by Gasteiger charge is -2.07. The predicted molar refractivity (Wildman–Crippen MR) is 62.8 cm³/mol. The Kier molecular flexibility index (Phi) is 3.23. The topological polar surface area (TPSA) is 65.7 Å². The highest BCUT2D eigenvalue weighted by molar-refractivity contribution is 6.28.